The number of esters is 2. The van der Waals surface area contributed by atoms with E-state index in [1.54, 1.807) is 0 Å². The molecule has 0 bridgehead atoms. The number of allylic oxidation sites excluding steroid dienone is 2. The fraction of sp³-hybridized carbons (Fsp3) is 0.889. The standard InChI is InChI=1S/C45H85NO7/c1-6-8-10-12-14-16-18-19-20-21-22-23-24-25-26-28-29-31-33-35-43(47)52-40-41(39-51-38-37-42(45(49)50)46(3,4)5)53-44(48)36-34-32-30-27-17-15-13-11-9-7-2/h21-22,41-42H,6-20,23-40H2,1-5H3/p+1/b22-21+. The van der Waals surface area contributed by atoms with Gasteiger partial charge in [0.2, 0.25) is 0 Å². The Bertz CT molecular complexity index is 885. The van der Waals surface area contributed by atoms with Crippen LogP contribution in [0.1, 0.15) is 206 Å². The molecule has 1 N–H and O–H groups in total. The molecule has 0 fully saturated rings. The van der Waals surface area contributed by atoms with Crippen molar-refractivity contribution in [3.63, 3.8) is 0 Å². The molecule has 312 valence electrons. The number of likely N-dealkylation sites (N-methyl/N-ethyl adjacent to an activating group) is 1. The molecule has 2 unspecified atom stereocenters. The zero-order valence-electron chi connectivity index (χ0n) is 35.5. The molecular weight excluding hydrogens is 666 g/mol. The Kier molecular flexibility index (Phi) is 35.7. The maximum Gasteiger partial charge on any atom is 0.362 e. The van der Waals surface area contributed by atoms with Crippen LogP contribution in [0.25, 0.3) is 0 Å². The number of nitrogens with zero attached hydrogens (tertiary/aromatic N) is 1. The molecule has 0 rings (SSSR count). The Morgan fingerprint density at radius 2 is 0.943 bits per heavy atom. The number of carboxylic acid groups (broad SMARTS) is 1. The van der Waals surface area contributed by atoms with Crippen LogP contribution in [-0.2, 0) is 28.6 Å². The van der Waals surface area contributed by atoms with Gasteiger partial charge in [-0.05, 0) is 38.5 Å². The van der Waals surface area contributed by atoms with Gasteiger partial charge in [-0.25, -0.2) is 4.79 Å². The number of quaternary nitrogens is 1. The number of aliphatic carboxylic acids is 1. The fourth-order valence-corrected chi connectivity index (χ4v) is 6.67. The number of ether oxygens (including phenoxy) is 3. The maximum absolute atomic E-state index is 12.7. The molecule has 8 nitrogen and oxygen atoms in total. The van der Waals surface area contributed by atoms with Crippen LogP contribution >= 0.6 is 0 Å². The first kappa shape index (κ1) is 51.1. The number of hydrogen-bond acceptors (Lipinski definition) is 6. The molecule has 0 aromatic carbocycles. The van der Waals surface area contributed by atoms with Crippen LogP contribution in [0.5, 0.6) is 0 Å². The summed E-state index contributed by atoms with van der Waals surface area (Å²) in [5.74, 6) is -1.46. The van der Waals surface area contributed by atoms with Crippen LogP contribution < -0.4 is 0 Å². The van der Waals surface area contributed by atoms with Crippen molar-refractivity contribution in [1.29, 1.82) is 0 Å². The van der Waals surface area contributed by atoms with Crippen molar-refractivity contribution in [2.24, 2.45) is 0 Å². The smallest absolute Gasteiger partial charge is 0.362 e. The molecule has 0 aliphatic heterocycles. The first-order valence-electron chi connectivity index (χ1n) is 22.2. The number of unbranched alkanes of at least 4 members (excludes halogenated alkanes) is 24. The Balaban J connectivity index is 4.24. The first-order chi connectivity index (χ1) is 25.6. The summed E-state index contributed by atoms with van der Waals surface area (Å²) in [4.78, 5) is 36.9. The van der Waals surface area contributed by atoms with Crippen LogP contribution in [0.4, 0.5) is 0 Å². The molecule has 0 spiro atoms. The molecule has 0 saturated carbocycles. The Labute approximate surface area is 327 Å². The molecule has 0 radical (unpaired) electrons. The van der Waals surface area contributed by atoms with Crippen molar-refractivity contribution in [1.82, 2.24) is 0 Å². The molecule has 8 heteroatoms. The molecule has 0 saturated heterocycles. The summed E-state index contributed by atoms with van der Waals surface area (Å²) >= 11 is 0. The lowest BCUT2D eigenvalue weighted by Crippen LogP contribution is -2.50. The SMILES string of the molecule is CCCCCCCCCC/C=C/CCCCCCCCCC(=O)OCC(COCCC(C(=O)O)[N+](C)(C)C)OC(=O)CCCCCCCCCCCC. The summed E-state index contributed by atoms with van der Waals surface area (Å²) in [5.41, 5.74) is 0. The first-order valence-corrected chi connectivity index (χ1v) is 22.2. The predicted molar refractivity (Wildman–Crippen MR) is 220 cm³/mol. The Morgan fingerprint density at radius 3 is 1.36 bits per heavy atom. The molecule has 2 atom stereocenters. The largest absolute Gasteiger partial charge is 0.477 e. The quantitative estimate of drug-likeness (QED) is 0.0288. The van der Waals surface area contributed by atoms with E-state index in [9.17, 15) is 19.5 Å². The van der Waals surface area contributed by atoms with Crippen LogP contribution in [0.2, 0.25) is 0 Å². The van der Waals surface area contributed by atoms with E-state index in [1.807, 2.05) is 21.1 Å². The minimum atomic E-state index is -0.873. The maximum atomic E-state index is 12.7. The van der Waals surface area contributed by atoms with E-state index in [0.29, 0.717) is 19.3 Å². The van der Waals surface area contributed by atoms with Crippen LogP contribution in [0.15, 0.2) is 12.2 Å². The molecule has 0 aliphatic carbocycles. The number of rotatable bonds is 40. The summed E-state index contributed by atoms with van der Waals surface area (Å²) in [6.45, 7) is 4.74. The van der Waals surface area contributed by atoms with Gasteiger partial charge in [0.1, 0.15) is 6.61 Å². The summed E-state index contributed by atoms with van der Waals surface area (Å²) in [7, 11) is 5.53. The molecule has 0 heterocycles. The van der Waals surface area contributed by atoms with E-state index in [2.05, 4.69) is 26.0 Å². The molecule has 53 heavy (non-hydrogen) atoms. The topological polar surface area (TPSA) is 99.1 Å². The lowest BCUT2D eigenvalue weighted by molar-refractivity contribution is -0.887. The van der Waals surface area contributed by atoms with Crippen molar-refractivity contribution >= 4 is 17.9 Å². The molecule has 0 amide bonds. The summed E-state index contributed by atoms with van der Waals surface area (Å²) in [6.07, 6.45) is 38.2. The van der Waals surface area contributed by atoms with E-state index >= 15 is 0 Å². The highest BCUT2D eigenvalue weighted by atomic mass is 16.6. The molecular formula is C45H86NO7+. The second-order valence-corrected chi connectivity index (χ2v) is 16.3. The van der Waals surface area contributed by atoms with Crippen molar-refractivity contribution in [3.8, 4) is 0 Å². The van der Waals surface area contributed by atoms with Gasteiger partial charge < -0.3 is 23.8 Å². The summed E-state index contributed by atoms with van der Waals surface area (Å²) < 4.78 is 17.3. The third-order valence-corrected chi connectivity index (χ3v) is 10.2. The lowest BCUT2D eigenvalue weighted by Gasteiger charge is -2.31. The van der Waals surface area contributed by atoms with Gasteiger partial charge in [0.05, 0.1) is 34.4 Å². The highest BCUT2D eigenvalue weighted by Crippen LogP contribution is 2.15. The third kappa shape index (κ3) is 35.5. The minimum Gasteiger partial charge on any atom is -0.477 e. The van der Waals surface area contributed by atoms with Crippen LogP contribution in [-0.4, -0.2) is 80.6 Å². The Hall–Kier alpha value is -1.93. The van der Waals surface area contributed by atoms with Crippen LogP contribution in [0.3, 0.4) is 0 Å². The second kappa shape index (κ2) is 37.0. The zero-order chi connectivity index (χ0) is 39.3. The van der Waals surface area contributed by atoms with Gasteiger partial charge in [0, 0.05) is 19.3 Å². The highest BCUT2D eigenvalue weighted by Gasteiger charge is 2.31. The van der Waals surface area contributed by atoms with Gasteiger partial charge in [-0.3, -0.25) is 9.59 Å². The van der Waals surface area contributed by atoms with Crippen molar-refractivity contribution in [2.75, 3.05) is 41.0 Å². The number of carbonyl (C=O) groups is 3. The van der Waals surface area contributed by atoms with Gasteiger partial charge in [0.25, 0.3) is 0 Å². The van der Waals surface area contributed by atoms with Gasteiger partial charge in [-0.2, -0.15) is 0 Å². The molecule has 0 aromatic rings. The minimum absolute atomic E-state index is 0.0477. The van der Waals surface area contributed by atoms with Gasteiger partial charge >= 0.3 is 17.9 Å². The van der Waals surface area contributed by atoms with Gasteiger partial charge in [-0.15, -0.1) is 0 Å². The second-order valence-electron chi connectivity index (χ2n) is 16.3. The third-order valence-electron chi connectivity index (χ3n) is 10.2. The number of hydrogen-bond donors (Lipinski definition) is 1. The zero-order valence-corrected chi connectivity index (χ0v) is 35.5. The van der Waals surface area contributed by atoms with E-state index in [-0.39, 0.29) is 36.2 Å². The van der Waals surface area contributed by atoms with Gasteiger partial charge in [-0.1, -0.05) is 161 Å². The number of carboxylic acids is 1. The Morgan fingerprint density at radius 1 is 0.547 bits per heavy atom. The van der Waals surface area contributed by atoms with E-state index in [1.165, 1.54) is 135 Å². The lowest BCUT2D eigenvalue weighted by atomic mass is 10.1. The van der Waals surface area contributed by atoms with Crippen molar-refractivity contribution in [3.05, 3.63) is 12.2 Å². The molecule has 0 aliphatic rings. The average Bonchev–Trinajstić information content (AvgIpc) is 3.11. The van der Waals surface area contributed by atoms with E-state index in [0.717, 1.165) is 38.5 Å². The summed E-state index contributed by atoms with van der Waals surface area (Å²) in [6, 6.07) is -0.610. The predicted octanol–water partition coefficient (Wildman–Crippen LogP) is 11.9. The average molecular weight is 753 g/mol. The normalized spacial score (nSPS) is 13.0. The monoisotopic (exact) mass is 753 g/mol. The van der Waals surface area contributed by atoms with Gasteiger partial charge in [0.15, 0.2) is 12.1 Å². The van der Waals surface area contributed by atoms with Crippen molar-refractivity contribution < 1.29 is 38.2 Å². The highest BCUT2D eigenvalue weighted by molar-refractivity contribution is 5.72. The summed E-state index contributed by atoms with van der Waals surface area (Å²) in [5, 5.41) is 9.60. The fourth-order valence-electron chi connectivity index (χ4n) is 6.67. The van der Waals surface area contributed by atoms with E-state index in [4.69, 9.17) is 14.2 Å². The van der Waals surface area contributed by atoms with E-state index < -0.39 is 18.1 Å². The number of carbonyl (C=O) groups excluding carboxylic acids is 2. The van der Waals surface area contributed by atoms with Crippen molar-refractivity contribution in [2.45, 2.75) is 219 Å². The molecule has 0 aromatic heterocycles. The van der Waals surface area contributed by atoms with Crippen LogP contribution in [0, 0.1) is 0 Å².